The van der Waals surface area contributed by atoms with E-state index in [1.807, 2.05) is 30.9 Å². The predicted molar refractivity (Wildman–Crippen MR) is 64.6 cm³/mol. The highest BCUT2D eigenvalue weighted by atomic mass is 16.2. The summed E-state index contributed by atoms with van der Waals surface area (Å²) in [7, 11) is 0. The lowest BCUT2D eigenvalue weighted by Crippen LogP contribution is -2.41. The zero-order chi connectivity index (χ0) is 11.7. The van der Waals surface area contributed by atoms with Crippen molar-refractivity contribution >= 4 is 5.91 Å². The Kier molecular flexibility index (Phi) is 2.97. The van der Waals surface area contributed by atoms with E-state index in [0.717, 1.165) is 29.8 Å². The first-order chi connectivity index (χ1) is 7.67. The number of nitrogens with two attached hydrogens (primary N) is 1. The standard InChI is InChI=1S/C13H18N2O/c1-3-15-8-10(7-14)11-5-4-9(2)6-12(11)13(15)16/h4-6,10H,3,7-8,14H2,1-2H3. The van der Waals surface area contributed by atoms with Gasteiger partial charge >= 0.3 is 0 Å². The lowest BCUT2D eigenvalue weighted by molar-refractivity contribution is 0.0732. The van der Waals surface area contributed by atoms with Crippen LogP contribution in [0.1, 0.15) is 34.3 Å². The van der Waals surface area contributed by atoms with Crippen LogP contribution in [0.3, 0.4) is 0 Å². The maximum atomic E-state index is 12.1. The van der Waals surface area contributed by atoms with Crippen LogP contribution in [0, 0.1) is 6.92 Å². The summed E-state index contributed by atoms with van der Waals surface area (Å²) in [5.74, 6) is 0.430. The molecule has 86 valence electrons. The van der Waals surface area contributed by atoms with Crippen molar-refractivity contribution in [2.45, 2.75) is 19.8 Å². The van der Waals surface area contributed by atoms with Gasteiger partial charge in [0.05, 0.1) is 0 Å². The van der Waals surface area contributed by atoms with E-state index in [1.165, 1.54) is 0 Å². The molecule has 2 rings (SSSR count). The van der Waals surface area contributed by atoms with Gasteiger partial charge in [-0.2, -0.15) is 0 Å². The average molecular weight is 218 g/mol. The number of carbonyl (C=O) groups excluding carboxylic acids is 1. The monoisotopic (exact) mass is 218 g/mol. The number of carbonyl (C=O) groups is 1. The van der Waals surface area contributed by atoms with Crippen molar-refractivity contribution in [1.29, 1.82) is 0 Å². The number of likely N-dealkylation sites (N-methyl/N-ethyl adjacent to an activating group) is 1. The van der Waals surface area contributed by atoms with E-state index in [4.69, 9.17) is 5.73 Å². The lowest BCUT2D eigenvalue weighted by Gasteiger charge is -2.33. The third-order valence-corrected chi connectivity index (χ3v) is 3.27. The van der Waals surface area contributed by atoms with Gasteiger partial charge in [0.2, 0.25) is 0 Å². The molecular formula is C13H18N2O. The van der Waals surface area contributed by atoms with Crippen LogP contribution in [0.2, 0.25) is 0 Å². The van der Waals surface area contributed by atoms with Crippen molar-refractivity contribution < 1.29 is 4.79 Å². The second-order valence-corrected chi connectivity index (χ2v) is 4.37. The van der Waals surface area contributed by atoms with Crippen molar-refractivity contribution in [2.75, 3.05) is 19.6 Å². The number of aryl methyl sites for hydroxylation is 1. The van der Waals surface area contributed by atoms with E-state index < -0.39 is 0 Å². The lowest BCUT2D eigenvalue weighted by atomic mass is 9.88. The highest BCUT2D eigenvalue weighted by Gasteiger charge is 2.29. The number of benzene rings is 1. The van der Waals surface area contributed by atoms with Gasteiger partial charge in [-0.25, -0.2) is 0 Å². The molecular weight excluding hydrogens is 200 g/mol. The van der Waals surface area contributed by atoms with Gasteiger partial charge in [-0.3, -0.25) is 4.79 Å². The van der Waals surface area contributed by atoms with E-state index in [-0.39, 0.29) is 11.8 Å². The molecule has 3 heteroatoms. The minimum absolute atomic E-state index is 0.144. The van der Waals surface area contributed by atoms with Crippen LogP contribution in [-0.2, 0) is 0 Å². The van der Waals surface area contributed by atoms with E-state index in [1.54, 1.807) is 0 Å². The molecule has 0 radical (unpaired) electrons. The second-order valence-electron chi connectivity index (χ2n) is 4.37. The number of hydrogen-bond donors (Lipinski definition) is 1. The van der Waals surface area contributed by atoms with E-state index in [2.05, 4.69) is 6.07 Å². The van der Waals surface area contributed by atoms with Crippen molar-refractivity contribution in [1.82, 2.24) is 4.90 Å². The molecule has 1 atom stereocenters. The Balaban J connectivity index is 2.49. The Morgan fingerprint density at radius 2 is 2.25 bits per heavy atom. The molecule has 1 aliphatic heterocycles. The van der Waals surface area contributed by atoms with Gasteiger partial charge in [0.1, 0.15) is 0 Å². The highest BCUT2D eigenvalue weighted by Crippen LogP contribution is 2.28. The summed E-state index contributed by atoms with van der Waals surface area (Å²) in [5, 5.41) is 0. The molecule has 2 N–H and O–H groups in total. The normalized spacial score (nSPS) is 19.8. The molecule has 1 amide bonds. The molecule has 1 heterocycles. The molecule has 0 aromatic heterocycles. The van der Waals surface area contributed by atoms with Crippen molar-refractivity contribution in [2.24, 2.45) is 5.73 Å². The first kappa shape index (κ1) is 11.1. The van der Waals surface area contributed by atoms with Gasteiger partial charge < -0.3 is 10.6 Å². The SMILES string of the molecule is CCN1CC(CN)c2ccc(C)cc2C1=O. The van der Waals surface area contributed by atoms with Crippen LogP contribution in [0.25, 0.3) is 0 Å². The molecule has 1 aliphatic rings. The Hall–Kier alpha value is -1.35. The first-order valence-corrected chi connectivity index (χ1v) is 5.77. The first-order valence-electron chi connectivity index (χ1n) is 5.77. The van der Waals surface area contributed by atoms with E-state index >= 15 is 0 Å². The Morgan fingerprint density at radius 1 is 1.50 bits per heavy atom. The molecule has 1 unspecified atom stereocenters. The van der Waals surface area contributed by atoms with Crippen LogP contribution in [0.15, 0.2) is 18.2 Å². The Labute approximate surface area is 96.2 Å². The second kappa shape index (κ2) is 4.26. The number of rotatable bonds is 2. The summed E-state index contributed by atoms with van der Waals surface area (Å²) in [5.41, 5.74) is 8.86. The zero-order valence-electron chi connectivity index (χ0n) is 9.86. The number of hydrogen-bond acceptors (Lipinski definition) is 2. The molecule has 0 aliphatic carbocycles. The molecule has 0 spiro atoms. The highest BCUT2D eigenvalue weighted by molar-refractivity contribution is 5.97. The summed E-state index contributed by atoms with van der Waals surface area (Å²) < 4.78 is 0. The fraction of sp³-hybridized carbons (Fsp3) is 0.462. The van der Waals surface area contributed by atoms with E-state index in [0.29, 0.717) is 6.54 Å². The number of nitrogens with zero attached hydrogens (tertiary/aromatic N) is 1. The van der Waals surface area contributed by atoms with Crippen LogP contribution >= 0.6 is 0 Å². The van der Waals surface area contributed by atoms with Crippen LogP contribution in [-0.4, -0.2) is 30.4 Å². The molecule has 1 aromatic rings. The third-order valence-electron chi connectivity index (χ3n) is 3.27. The van der Waals surface area contributed by atoms with Crippen LogP contribution in [0.4, 0.5) is 0 Å². The molecule has 0 bridgehead atoms. The summed E-state index contributed by atoms with van der Waals surface area (Å²) in [6.07, 6.45) is 0. The molecule has 16 heavy (non-hydrogen) atoms. The third kappa shape index (κ3) is 1.71. The van der Waals surface area contributed by atoms with Gasteiger partial charge in [0.15, 0.2) is 0 Å². The number of fused-ring (bicyclic) bond motifs is 1. The minimum atomic E-state index is 0.144. The average Bonchev–Trinajstić information content (AvgIpc) is 2.30. The molecule has 0 saturated carbocycles. The largest absolute Gasteiger partial charge is 0.338 e. The molecule has 1 aromatic carbocycles. The molecule has 0 fully saturated rings. The summed E-state index contributed by atoms with van der Waals surface area (Å²) in [4.78, 5) is 14.0. The molecule has 0 saturated heterocycles. The van der Waals surface area contributed by atoms with Crippen molar-refractivity contribution in [3.8, 4) is 0 Å². The fourth-order valence-corrected chi connectivity index (χ4v) is 2.30. The van der Waals surface area contributed by atoms with Crippen LogP contribution in [0.5, 0.6) is 0 Å². The number of amides is 1. The van der Waals surface area contributed by atoms with Gasteiger partial charge in [-0.15, -0.1) is 0 Å². The Bertz CT molecular complexity index is 414. The summed E-state index contributed by atoms with van der Waals surface area (Å²) >= 11 is 0. The Morgan fingerprint density at radius 3 is 2.88 bits per heavy atom. The quantitative estimate of drug-likeness (QED) is 0.818. The molecule has 3 nitrogen and oxygen atoms in total. The zero-order valence-corrected chi connectivity index (χ0v) is 9.86. The van der Waals surface area contributed by atoms with Crippen molar-refractivity contribution in [3.63, 3.8) is 0 Å². The van der Waals surface area contributed by atoms with Crippen molar-refractivity contribution in [3.05, 3.63) is 34.9 Å². The van der Waals surface area contributed by atoms with Gasteiger partial charge in [0, 0.05) is 31.1 Å². The van der Waals surface area contributed by atoms with E-state index in [9.17, 15) is 4.79 Å². The minimum Gasteiger partial charge on any atom is -0.338 e. The summed E-state index contributed by atoms with van der Waals surface area (Å²) in [6.45, 7) is 6.12. The topological polar surface area (TPSA) is 46.3 Å². The van der Waals surface area contributed by atoms with Gasteiger partial charge in [0.25, 0.3) is 5.91 Å². The van der Waals surface area contributed by atoms with Gasteiger partial charge in [-0.1, -0.05) is 17.7 Å². The smallest absolute Gasteiger partial charge is 0.254 e. The summed E-state index contributed by atoms with van der Waals surface area (Å²) in [6, 6.07) is 6.08. The predicted octanol–water partition coefficient (Wildman–Crippen LogP) is 1.51. The van der Waals surface area contributed by atoms with Crippen LogP contribution < -0.4 is 5.73 Å². The maximum absolute atomic E-state index is 12.1. The maximum Gasteiger partial charge on any atom is 0.254 e. The fourth-order valence-electron chi connectivity index (χ4n) is 2.30. The van der Waals surface area contributed by atoms with Gasteiger partial charge in [-0.05, 0) is 25.5 Å².